The van der Waals surface area contributed by atoms with E-state index in [1.54, 1.807) is 27.8 Å². The van der Waals surface area contributed by atoms with Crippen LogP contribution in [0.15, 0.2) is 69.9 Å². The quantitative estimate of drug-likeness (QED) is 0.575. The molecule has 2 aromatic carbocycles. The third-order valence-electron chi connectivity index (χ3n) is 5.08. The fraction of sp³-hybridized carbons (Fsp3) is 0.318. The van der Waals surface area contributed by atoms with Gasteiger partial charge in [-0.2, -0.15) is 4.31 Å². The van der Waals surface area contributed by atoms with E-state index in [1.165, 1.54) is 0 Å². The molecule has 0 aliphatic carbocycles. The highest BCUT2D eigenvalue weighted by molar-refractivity contribution is 7.89. The van der Waals surface area contributed by atoms with E-state index in [4.69, 9.17) is 4.99 Å². The minimum Gasteiger partial charge on any atom is -0.316 e. The highest BCUT2D eigenvalue weighted by atomic mass is 32.2. The van der Waals surface area contributed by atoms with Gasteiger partial charge in [0.2, 0.25) is 10.0 Å². The second-order valence-corrected chi connectivity index (χ2v) is 9.91. The van der Waals surface area contributed by atoms with Crippen molar-refractivity contribution >= 4 is 27.0 Å². The molecule has 1 aliphatic heterocycles. The summed E-state index contributed by atoms with van der Waals surface area (Å²) in [5.74, 6) is 0. The zero-order chi connectivity index (χ0) is 20.3. The number of hydrogen-bond donors (Lipinski definition) is 0. The standard InChI is InChI=1S/C22H25N3O2S2/c1-2-14-25-21(17-28-22(25)23-19-8-4-3-5-9-19)18-10-12-20(13-11-18)29(26,27)24-15-6-7-16-24/h3-5,8-13,17H,2,6-7,14-16H2,1H3. The molecule has 0 N–H and O–H groups in total. The van der Waals surface area contributed by atoms with Gasteiger partial charge in [-0.25, -0.2) is 13.4 Å². The van der Waals surface area contributed by atoms with Crippen molar-refractivity contribution in [1.82, 2.24) is 8.87 Å². The Bertz CT molecular complexity index is 1120. The van der Waals surface area contributed by atoms with Gasteiger partial charge in [0.05, 0.1) is 16.3 Å². The van der Waals surface area contributed by atoms with E-state index in [-0.39, 0.29) is 0 Å². The summed E-state index contributed by atoms with van der Waals surface area (Å²) in [4.78, 5) is 6.11. The summed E-state index contributed by atoms with van der Waals surface area (Å²) in [6.45, 7) is 4.25. The van der Waals surface area contributed by atoms with Gasteiger partial charge in [0.1, 0.15) is 0 Å². The Hall–Kier alpha value is -2.22. The van der Waals surface area contributed by atoms with Crippen LogP contribution in [0.25, 0.3) is 11.3 Å². The molecule has 0 unspecified atom stereocenters. The SMILES string of the molecule is CCCn1c(-c2ccc(S(=O)(=O)N3CCCC3)cc2)csc1=Nc1ccccc1. The van der Waals surface area contributed by atoms with E-state index >= 15 is 0 Å². The Balaban J connectivity index is 1.69. The predicted octanol–water partition coefficient (Wildman–Crippen LogP) is 4.64. The molecule has 0 bridgehead atoms. The largest absolute Gasteiger partial charge is 0.316 e. The Labute approximate surface area is 176 Å². The molecule has 0 amide bonds. The van der Waals surface area contributed by atoms with Crippen LogP contribution < -0.4 is 4.80 Å². The molecule has 1 aliphatic rings. The Kier molecular flexibility index (Phi) is 5.99. The zero-order valence-electron chi connectivity index (χ0n) is 16.5. The minimum absolute atomic E-state index is 0.370. The van der Waals surface area contributed by atoms with Crippen molar-refractivity contribution in [1.29, 1.82) is 0 Å². The number of rotatable bonds is 6. The van der Waals surface area contributed by atoms with Crippen molar-refractivity contribution in [3.63, 3.8) is 0 Å². The summed E-state index contributed by atoms with van der Waals surface area (Å²) < 4.78 is 29.3. The first-order valence-electron chi connectivity index (χ1n) is 9.98. The van der Waals surface area contributed by atoms with Crippen LogP contribution >= 0.6 is 11.3 Å². The molecular weight excluding hydrogens is 402 g/mol. The van der Waals surface area contributed by atoms with Crippen molar-refractivity contribution in [2.24, 2.45) is 4.99 Å². The van der Waals surface area contributed by atoms with E-state index in [1.807, 2.05) is 42.5 Å². The molecule has 29 heavy (non-hydrogen) atoms. The number of aromatic nitrogens is 1. The minimum atomic E-state index is -3.38. The Morgan fingerprint density at radius 2 is 1.69 bits per heavy atom. The zero-order valence-corrected chi connectivity index (χ0v) is 18.1. The summed E-state index contributed by atoms with van der Waals surface area (Å²) in [7, 11) is -3.38. The molecule has 7 heteroatoms. The Morgan fingerprint density at radius 1 is 1.00 bits per heavy atom. The fourth-order valence-electron chi connectivity index (χ4n) is 3.58. The van der Waals surface area contributed by atoms with Crippen molar-refractivity contribution in [2.75, 3.05) is 13.1 Å². The summed E-state index contributed by atoms with van der Waals surface area (Å²) in [5.41, 5.74) is 3.00. The van der Waals surface area contributed by atoms with Crippen LogP contribution in [0.4, 0.5) is 5.69 Å². The van der Waals surface area contributed by atoms with Crippen LogP contribution in [-0.4, -0.2) is 30.4 Å². The highest BCUT2D eigenvalue weighted by Crippen LogP contribution is 2.26. The normalized spacial score (nSPS) is 15.8. The van der Waals surface area contributed by atoms with Gasteiger partial charge in [-0.1, -0.05) is 37.3 Å². The lowest BCUT2D eigenvalue weighted by Crippen LogP contribution is -2.27. The molecule has 0 atom stereocenters. The van der Waals surface area contributed by atoms with Gasteiger partial charge in [-0.15, -0.1) is 11.3 Å². The van der Waals surface area contributed by atoms with Gasteiger partial charge in [0.25, 0.3) is 0 Å². The molecule has 0 saturated carbocycles. The lowest BCUT2D eigenvalue weighted by atomic mass is 10.2. The van der Waals surface area contributed by atoms with Gasteiger partial charge in [0, 0.05) is 25.0 Å². The van der Waals surface area contributed by atoms with Crippen LogP contribution in [0, 0.1) is 0 Å². The molecule has 0 spiro atoms. The maximum Gasteiger partial charge on any atom is 0.243 e. The molecule has 0 radical (unpaired) electrons. The van der Waals surface area contributed by atoms with Gasteiger partial charge in [-0.05, 0) is 49.1 Å². The molecule has 3 aromatic rings. The topological polar surface area (TPSA) is 54.7 Å². The number of thiazole rings is 1. The Morgan fingerprint density at radius 3 is 2.34 bits per heavy atom. The lowest BCUT2D eigenvalue weighted by Gasteiger charge is -2.15. The molecule has 2 heterocycles. The number of para-hydroxylation sites is 1. The van der Waals surface area contributed by atoms with Crippen molar-refractivity contribution < 1.29 is 8.42 Å². The predicted molar refractivity (Wildman–Crippen MR) is 118 cm³/mol. The summed E-state index contributed by atoms with van der Waals surface area (Å²) >= 11 is 1.61. The molecule has 1 fully saturated rings. The van der Waals surface area contributed by atoms with Gasteiger partial charge in [0.15, 0.2) is 4.80 Å². The monoisotopic (exact) mass is 427 g/mol. The number of hydrogen-bond acceptors (Lipinski definition) is 4. The first-order chi connectivity index (χ1) is 14.1. The van der Waals surface area contributed by atoms with E-state index in [9.17, 15) is 8.42 Å². The third-order valence-corrected chi connectivity index (χ3v) is 7.86. The van der Waals surface area contributed by atoms with Crippen molar-refractivity contribution in [3.05, 3.63) is 64.8 Å². The summed E-state index contributed by atoms with van der Waals surface area (Å²) in [5, 5.41) is 2.10. The fourth-order valence-corrected chi connectivity index (χ4v) is 6.05. The molecule has 152 valence electrons. The van der Waals surface area contributed by atoms with Crippen LogP contribution in [-0.2, 0) is 16.6 Å². The number of nitrogens with zero attached hydrogens (tertiary/aromatic N) is 3. The second kappa shape index (κ2) is 8.65. The van der Waals surface area contributed by atoms with Crippen molar-refractivity contribution in [2.45, 2.75) is 37.6 Å². The van der Waals surface area contributed by atoms with E-state index in [0.717, 1.165) is 47.6 Å². The number of benzene rings is 2. The first kappa shape index (κ1) is 20.1. The third kappa shape index (κ3) is 4.22. The molecule has 4 rings (SSSR count). The summed E-state index contributed by atoms with van der Waals surface area (Å²) in [6.07, 6.45) is 2.88. The highest BCUT2D eigenvalue weighted by Gasteiger charge is 2.27. The van der Waals surface area contributed by atoms with E-state index in [0.29, 0.717) is 18.0 Å². The average Bonchev–Trinajstić information content (AvgIpc) is 3.41. The maximum atomic E-state index is 12.8. The summed E-state index contributed by atoms with van der Waals surface area (Å²) in [6, 6.07) is 17.2. The van der Waals surface area contributed by atoms with Crippen molar-refractivity contribution in [3.8, 4) is 11.3 Å². The lowest BCUT2D eigenvalue weighted by molar-refractivity contribution is 0.477. The first-order valence-corrected chi connectivity index (χ1v) is 12.3. The molecule has 1 aromatic heterocycles. The maximum absolute atomic E-state index is 12.8. The van der Waals surface area contributed by atoms with Crippen LogP contribution in [0.1, 0.15) is 26.2 Å². The number of sulfonamides is 1. The van der Waals surface area contributed by atoms with Crippen LogP contribution in [0.3, 0.4) is 0 Å². The van der Waals surface area contributed by atoms with E-state index < -0.39 is 10.0 Å². The van der Waals surface area contributed by atoms with Gasteiger partial charge in [-0.3, -0.25) is 0 Å². The molecular formula is C22H25N3O2S2. The average molecular weight is 428 g/mol. The van der Waals surface area contributed by atoms with Gasteiger partial charge < -0.3 is 4.57 Å². The van der Waals surface area contributed by atoms with Crippen LogP contribution in [0.5, 0.6) is 0 Å². The molecule has 1 saturated heterocycles. The molecule has 5 nitrogen and oxygen atoms in total. The van der Waals surface area contributed by atoms with Crippen LogP contribution in [0.2, 0.25) is 0 Å². The smallest absolute Gasteiger partial charge is 0.243 e. The van der Waals surface area contributed by atoms with E-state index in [2.05, 4.69) is 16.9 Å². The second-order valence-electron chi connectivity index (χ2n) is 7.14. The van der Waals surface area contributed by atoms with Gasteiger partial charge >= 0.3 is 0 Å².